The van der Waals surface area contributed by atoms with E-state index in [1.165, 1.54) is 6.33 Å². The molecule has 2 aromatic rings. The molecular formula is C13H12ClN3O. The highest BCUT2D eigenvalue weighted by Gasteiger charge is 2.07. The summed E-state index contributed by atoms with van der Waals surface area (Å²) in [4.78, 5) is 18.4. The number of carbonyl (C=O) groups excluding carboxylic acids is 1. The van der Waals surface area contributed by atoms with Gasteiger partial charge in [0.05, 0.1) is 16.8 Å². The van der Waals surface area contributed by atoms with E-state index < -0.39 is 0 Å². The van der Waals surface area contributed by atoms with Crippen molar-refractivity contribution in [2.45, 2.75) is 13.0 Å². The van der Waals surface area contributed by atoms with E-state index in [9.17, 15) is 4.79 Å². The van der Waals surface area contributed by atoms with Crippen LogP contribution in [-0.2, 0) is 4.79 Å². The van der Waals surface area contributed by atoms with Crippen LogP contribution in [0.15, 0.2) is 36.8 Å². The smallest absolute Gasteiger partial charge is 0.207 e. The highest BCUT2D eigenvalue weighted by Crippen LogP contribution is 2.25. The fraction of sp³-hybridized carbons (Fsp3) is 0.154. The van der Waals surface area contributed by atoms with E-state index in [1.54, 1.807) is 6.20 Å². The van der Waals surface area contributed by atoms with Gasteiger partial charge in [0, 0.05) is 11.8 Å². The van der Waals surface area contributed by atoms with Crippen LogP contribution in [0.25, 0.3) is 11.3 Å². The second-order valence-corrected chi connectivity index (χ2v) is 4.25. The van der Waals surface area contributed by atoms with Crippen molar-refractivity contribution in [1.82, 2.24) is 15.3 Å². The molecule has 1 atom stereocenters. The maximum absolute atomic E-state index is 10.4. The van der Waals surface area contributed by atoms with Gasteiger partial charge in [0.2, 0.25) is 6.41 Å². The quantitative estimate of drug-likeness (QED) is 0.861. The third-order valence-corrected chi connectivity index (χ3v) is 2.95. The lowest BCUT2D eigenvalue weighted by Crippen LogP contribution is -2.15. The van der Waals surface area contributed by atoms with Crippen molar-refractivity contribution < 1.29 is 4.79 Å². The summed E-state index contributed by atoms with van der Waals surface area (Å²) in [6.07, 6.45) is 3.72. The highest BCUT2D eigenvalue weighted by molar-refractivity contribution is 6.32. The molecule has 0 aliphatic carbocycles. The number of halogens is 1. The first-order chi connectivity index (χ1) is 8.72. The van der Waals surface area contributed by atoms with Crippen LogP contribution in [0.1, 0.15) is 18.5 Å². The van der Waals surface area contributed by atoms with Gasteiger partial charge in [-0.15, -0.1) is 0 Å². The van der Waals surface area contributed by atoms with Crippen molar-refractivity contribution >= 4 is 18.0 Å². The fourth-order valence-corrected chi connectivity index (χ4v) is 1.87. The third-order valence-electron chi connectivity index (χ3n) is 2.67. The van der Waals surface area contributed by atoms with Gasteiger partial charge in [0.25, 0.3) is 0 Å². The summed E-state index contributed by atoms with van der Waals surface area (Å²) in [7, 11) is 0. The van der Waals surface area contributed by atoms with Gasteiger partial charge in [-0.05, 0) is 12.5 Å². The third kappa shape index (κ3) is 2.65. The Morgan fingerprint density at radius 1 is 1.33 bits per heavy atom. The predicted octanol–water partition coefficient (Wildman–Crippen LogP) is 2.60. The average molecular weight is 262 g/mol. The van der Waals surface area contributed by atoms with E-state index in [0.29, 0.717) is 17.1 Å². The highest BCUT2D eigenvalue weighted by atomic mass is 35.5. The minimum atomic E-state index is -0.0163. The molecule has 1 aromatic heterocycles. The molecule has 1 N–H and O–H groups in total. The molecular weight excluding hydrogens is 250 g/mol. The lowest BCUT2D eigenvalue weighted by Gasteiger charge is -2.11. The van der Waals surface area contributed by atoms with E-state index in [2.05, 4.69) is 15.3 Å². The van der Waals surface area contributed by atoms with Crippen molar-refractivity contribution in [3.63, 3.8) is 0 Å². The van der Waals surface area contributed by atoms with Crippen molar-refractivity contribution in [3.05, 3.63) is 47.4 Å². The minimum Gasteiger partial charge on any atom is -0.352 e. The van der Waals surface area contributed by atoms with Crippen LogP contribution in [0, 0.1) is 0 Å². The first-order valence-electron chi connectivity index (χ1n) is 5.48. The Labute approximate surface area is 110 Å². The van der Waals surface area contributed by atoms with Crippen LogP contribution >= 0.6 is 11.6 Å². The predicted molar refractivity (Wildman–Crippen MR) is 70.1 cm³/mol. The van der Waals surface area contributed by atoms with E-state index in [1.807, 2.05) is 31.2 Å². The SMILES string of the molecule is CC(NC=O)c1ccc(-c2ncncc2Cl)cc1. The molecule has 0 radical (unpaired) electrons. The van der Waals surface area contributed by atoms with Gasteiger partial charge in [-0.1, -0.05) is 35.9 Å². The zero-order valence-electron chi connectivity index (χ0n) is 9.80. The molecule has 0 aliphatic heterocycles. The molecule has 0 aliphatic rings. The maximum atomic E-state index is 10.4. The van der Waals surface area contributed by atoms with Gasteiger partial charge < -0.3 is 5.32 Å². The molecule has 2 rings (SSSR count). The lowest BCUT2D eigenvalue weighted by atomic mass is 10.0. The summed E-state index contributed by atoms with van der Waals surface area (Å²) in [5, 5.41) is 3.22. The summed E-state index contributed by atoms with van der Waals surface area (Å²) >= 11 is 6.03. The van der Waals surface area contributed by atoms with Crippen molar-refractivity contribution in [2.24, 2.45) is 0 Å². The van der Waals surface area contributed by atoms with E-state index in [-0.39, 0.29) is 6.04 Å². The molecule has 1 unspecified atom stereocenters. The number of carbonyl (C=O) groups is 1. The average Bonchev–Trinajstić information content (AvgIpc) is 2.40. The van der Waals surface area contributed by atoms with E-state index in [0.717, 1.165) is 11.1 Å². The molecule has 1 heterocycles. The Balaban J connectivity index is 2.28. The summed E-state index contributed by atoms with van der Waals surface area (Å²) in [5.41, 5.74) is 2.65. The molecule has 0 bridgehead atoms. The van der Waals surface area contributed by atoms with Crippen LogP contribution in [0.2, 0.25) is 5.02 Å². The molecule has 1 amide bonds. The Morgan fingerprint density at radius 2 is 2.06 bits per heavy atom. The van der Waals surface area contributed by atoms with Gasteiger partial charge in [-0.3, -0.25) is 4.79 Å². The van der Waals surface area contributed by atoms with Crippen molar-refractivity contribution in [1.29, 1.82) is 0 Å². The summed E-state index contributed by atoms with van der Waals surface area (Å²) < 4.78 is 0. The Morgan fingerprint density at radius 3 is 2.67 bits per heavy atom. The molecule has 92 valence electrons. The Kier molecular flexibility index (Phi) is 3.89. The number of nitrogens with one attached hydrogen (secondary N) is 1. The number of hydrogen-bond donors (Lipinski definition) is 1. The molecule has 0 fully saturated rings. The van der Waals surface area contributed by atoms with Crippen LogP contribution in [-0.4, -0.2) is 16.4 Å². The second-order valence-electron chi connectivity index (χ2n) is 3.85. The van der Waals surface area contributed by atoms with E-state index in [4.69, 9.17) is 11.6 Å². The molecule has 0 saturated heterocycles. The number of aromatic nitrogens is 2. The summed E-state index contributed by atoms with van der Waals surface area (Å²) in [5.74, 6) is 0. The molecule has 5 heteroatoms. The maximum Gasteiger partial charge on any atom is 0.207 e. The molecule has 1 aromatic carbocycles. The number of benzene rings is 1. The van der Waals surface area contributed by atoms with Crippen LogP contribution in [0.4, 0.5) is 0 Å². The summed E-state index contributed by atoms with van der Waals surface area (Å²) in [6.45, 7) is 1.92. The van der Waals surface area contributed by atoms with Gasteiger partial charge >= 0.3 is 0 Å². The van der Waals surface area contributed by atoms with E-state index >= 15 is 0 Å². The number of rotatable bonds is 4. The first kappa shape index (κ1) is 12.5. The van der Waals surface area contributed by atoms with Crippen molar-refractivity contribution in [3.8, 4) is 11.3 Å². The van der Waals surface area contributed by atoms with Crippen LogP contribution in [0.3, 0.4) is 0 Å². The van der Waals surface area contributed by atoms with Crippen LogP contribution < -0.4 is 5.32 Å². The topological polar surface area (TPSA) is 54.9 Å². The van der Waals surface area contributed by atoms with Gasteiger partial charge in [0.1, 0.15) is 6.33 Å². The first-order valence-corrected chi connectivity index (χ1v) is 5.85. The number of amides is 1. The molecule has 0 spiro atoms. The molecule has 0 saturated carbocycles. The monoisotopic (exact) mass is 261 g/mol. The standard InChI is InChI=1S/C13H12ClN3O/c1-9(17-8-18)10-2-4-11(5-3-10)13-12(14)6-15-7-16-13/h2-9H,1H3,(H,17,18). The second kappa shape index (κ2) is 5.60. The number of hydrogen-bond acceptors (Lipinski definition) is 3. The largest absolute Gasteiger partial charge is 0.352 e. The van der Waals surface area contributed by atoms with Gasteiger partial charge in [0.15, 0.2) is 0 Å². The summed E-state index contributed by atoms with van der Waals surface area (Å²) in [6, 6.07) is 7.71. The van der Waals surface area contributed by atoms with Crippen molar-refractivity contribution in [2.75, 3.05) is 0 Å². The molecule has 4 nitrogen and oxygen atoms in total. The Hall–Kier alpha value is -1.94. The van der Waals surface area contributed by atoms with Gasteiger partial charge in [-0.2, -0.15) is 0 Å². The minimum absolute atomic E-state index is 0.0163. The number of nitrogens with zero attached hydrogens (tertiary/aromatic N) is 2. The zero-order chi connectivity index (χ0) is 13.0. The molecule has 18 heavy (non-hydrogen) atoms. The lowest BCUT2D eigenvalue weighted by molar-refractivity contribution is -0.110. The van der Waals surface area contributed by atoms with Gasteiger partial charge in [-0.25, -0.2) is 9.97 Å². The fourth-order valence-electron chi connectivity index (χ4n) is 1.65. The zero-order valence-corrected chi connectivity index (χ0v) is 10.6. The normalized spacial score (nSPS) is 11.9. The van der Waals surface area contributed by atoms with Crippen LogP contribution in [0.5, 0.6) is 0 Å². The Bertz CT molecular complexity index is 542.